The van der Waals surface area contributed by atoms with Gasteiger partial charge in [0.1, 0.15) is 0 Å². The topological polar surface area (TPSA) is 17.8 Å². The van der Waals surface area contributed by atoms with E-state index in [9.17, 15) is 0 Å². The Morgan fingerprint density at radius 1 is 0.409 bits per heavy atom. The number of fused-ring (bicyclic) bond motifs is 6. The molecular formula is C41H27N2P. The molecule has 0 bridgehead atoms. The fraction of sp³-hybridized carbons (Fsp3) is 0. The summed E-state index contributed by atoms with van der Waals surface area (Å²) in [5, 5.41) is 9.50. The highest BCUT2D eigenvalue weighted by Crippen LogP contribution is 2.56. The van der Waals surface area contributed by atoms with Gasteiger partial charge in [-0.1, -0.05) is 141 Å². The molecule has 0 aliphatic rings. The van der Waals surface area contributed by atoms with E-state index >= 15 is 0 Å². The van der Waals surface area contributed by atoms with Crippen LogP contribution >= 0.6 is 7.53 Å². The summed E-state index contributed by atoms with van der Waals surface area (Å²) >= 11 is 0. The van der Waals surface area contributed by atoms with Crippen molar-refractivity contribution in [2.75, 3.05) is 0 Å². The van der Waals surface area contributed by atoms with Gasteiger partial charge in [-0.2, -0.15) is 0 Å². The molecule has 9 rings (SSSR count). The number of hydrogen-bond acceptors (Lipinski definition) is 1. The van der Waals surface area contributed by atoms with Gasteiger partial charge in [0.2, 0.25) is 0 Å². The number of aromatic nitrogens is 2. The first-order valence-electron chi connectivity index (χ1n) is 15.0. The molecule has 0 fully saturated rings. The molecule has 206 valence electrons. The van der Waals surface area contributed by atoms with E-state index in [1.165, 1.54) is 48.1 Å². The molecule has 0 saturated heterocycles. The van der Waals surface area contributed by atoms with Crippen molar-refractivity contribution < 1.29 is 0 Å². The number of nitrogens with zero attached hydrogens (tertiary/aromatic N) is 2. The highest BCUT2D eigenvalue weighted by atomic mass is 31.1. The van der Waals surface area contributed by atoms with Gasteiger partial charge < -0.3 is 4.57 Å². The summed E-state index contributed by atoms with van der Waals surface area (Å²) in [7, 11) is -0.666. The molecule has 1 unspecified atom stereocenters. The quantitative estimate of drug-likeness (QED) is 0.203. The first-order chi connectivity index (χ1) is 21.8. The molecule has 1 atom stereocenters. The first-order valence-corrected chi connectivity index (χ1v) is 16.3. The van der Waals surface area contributed by atoms with Crippen LogP contribution in [0.2, 0.25) is 0 Å². The minimum Gasteiger partial charge on any atom is -0.309 e. The fourth-order valence-electron chi connectivity index (χ4n) is 6.72. The van der Waals surface area contributed by atoms with E-state index in [0.29, 0.717) is 0 Å². The second-order valence-electron chi connectivity index (χ2n) is 11.3. The zero-order valence-electron chi connectivity index (χ0n) is 23.9. The van der Waals surface area contributed by atoms with Crippen LogP contribution in [-0.4, -0.2) is 9.55 Å². The summed E-state index contributed by atoms with van der Waals surface area (Å²) in [5.74, 6) is 0. The molecule has 0 spiro atoms. The van der Waals surface area contributed by atoms with Gasteiger partial charge in [-0.05, 0) is 46.4 Å². The standard InChI is InChI=1S/C41H27N2P/c1-4-14-28(15-5-1)36-24-30(25-37(42-36)29-16-6-2-7-17-29)43-38-22-12-10-20-32(38)34-26-35-33-21-11-13-23-40(33)44(41(35)27-39(34)43)31-18-8-3-9-19-31/h1-27H. The normalized spacial score (nSPS) is 12.0. The molecular weight excluding hydrogens is 551 g/mol. The Labute approximate surface area is 256 Å². The van der Waals surface area contributed by atoms with E-state index in [1.807, 2.05) is 0 Å². The average molecular weight is 579 g/mol. The lowest BCUT2D eigenvalue weighted by Gasteiger charge is -2.13. The molecule has 6 aromatic carbocycles. The minimum absolute atomic E-state index is 0.666. The molecule has 0 radical (unpaired) electrons. The van der Waals surface area contributed by atoms with Gasteiger partial charge in [0.05, 0.1) is 28.1 Å². The lowest BCUT2D eigenvalue weighted by atomic mass is 10.1. The van der Waals surface area contributed by atoms with Crippen LogP contribution in [0.3, 0.4) is 0 Å². The zero-order valence-corrected chi connectivity index (χ0v) is 24.8. The predicted molar refractivity (Wildman–Crippen MR) is 189 cm³/mol. The van der Waals surface area contributed by atoms with Gasteiger partial charge in [0, 0.05) is 32.1 Å². The number of para-hydroxylation sites is 1. The Hall–Kier alpha value is -5.43. The maximum absolute atomic E-state index is 5.17. The molecule has 3 heteroatoms. The maximum Gasteiger partial charge on any atom is 0.0730 e. The van der Waals surface area contributed by atoms with Crippen LogP contribution in [0.1, 0.15) is 0 Å². The van der Waals surface area contributed by atoms with E-state index < -0.39 is 7.53 Å². The Kier molecular flexibility index (Phi) is 5.76. The van der Waals surface area contributed by atoms with Crippen molar-refractivity contribution in [3.63, 3.8) is 0 Å². The molecule has 9 aromatic rings. The fourth-order valence-corrected chi connectivity index (χ4v) is 9.36. The molecule has 0 aliphatic heterocycles. The highest BCUT2D eigenvalue weighted by Gasteiger charge is 2.19. The monoisotopic (exact) mass is 578 g/mol. The van der Waals surface area contributed by atoms with Crippen molar-refractivity contribution in [2.45, 2.75) is 0 Å². The van der Waals surface area contributed by atoms with Crippen LogP contribution in [0.25, 0.3) is 76.3 Å². The van der Waals surface area contributed by atoms with Crippen LogP contribution in [0.15, 0.2) is 164 Å². The molecule has 0 aliphatic carbocycles. The van der Waals surface area contributed by atoms with E-state index in [0.717, 1.165) is 28.2 Å². The van der Waals surface area contributed by atoms with Gasteiger partial charge in [-0.25, -0.2) is 4.98 Å². The number of hydrogen-bond donors (Lipinski definition) is 0. The number of rotatable bonds is 4. The van der Waals surface area contributed by atoms with Gasteiger partial charge in [-0.15, -0.1) is 0 Å². The number of benzene rings is 6. The van der Waals surface area contributed by atoms with Crippen molar-refractivity contribution in [3.05, 3.63) is 164 Å². The Morgan fingerprint density at radius 3 is 1.66 bits per heavy atom. The van der Waals surface area contributed by atoms with Gasteiger partial charge in [-0.3, -0.25) is 0 Å². The van der Waals surface area contributed by atoms with Crippen LogP contribution in [-0.2, 0) is 0 Å². The summed E-state index contributed by atoms with van der Waals surface area (Å²) in [4.78, 5) is 5.17. The third-order valence-electron chi connectivity index (χ3n) is 8.69. The third-order valence-corrected chi connectivity index (χ3v) is 11.2. The molecule has 2 nitrogen and oxygen atoms in total. The smallest absolute Gasteiger partial charge is 0.0730 e. The predicted octanol–water partition coefficient (Wildman–Crippen LogP) is 11.8. The summed E-state index contributed by atoms with van der Waals surface area (Å²) in [6.45, 7) is 0. The van der Waals surface area contributed by atoms with Crippen LogP contribution < -0.4 is 0 Å². The van der Waals surface area contributed by atoms with Crippen LogP contribution in [0, 0.1) is 0 Å². The Morgan fingerprint density at radius 2 is 0.977 bits per heavy atom. The minimum atomic E-state index is -0.666. The highest BCUT2D eigenvalue weighted by molar-refractivity contribution is 7.67. The second kappa shape index (κ2) is 10.1. The van der Waals surface area contributed by atoms with E-state index in [1.54, 1.807) is 0 Å². The first kappa shape index (κ1) is 25.1. The Balaban J connectivity index is 1.41. The van der Waals surface area contributed by atoms with E-state index in [4.69, 9.17) is 4.98 Å². The van der Waals surface area contributed by atoms with Crippen molar-refractivity contribution in [3.8, 4) is 33.5 Å². The third kappa shape index (κ3) is 3.93. The van der Waals surface area contributed by atoms with Crippen molar-refractivity contribution in [1.29, 1.82) is 0 Å². The van der Waals surface area contributed by atoms with Crippen LogP contribution in [0.4, 0.5) is 0 Å². The van der Waals surface area contributed by atoms with Crippen molar-refractivity contribution >= 4 is 50.3 Å². The summed E-state index contributed by atoms with van der Waals surface area (Å²) < 4.78 is 2.45. The molecule has 0 saturated carbocycles. The molecule has 3 aromatic heterocycles. The van der Waals surface area contributed by atoms with Gasteiger partial charge >= 0.3 is 0 Å². The van der Waals surface area contributed by atoms with Crippen molar-refractivity contribution in [2.24, 2.45) is 0 Å². The molecule has 0 N–H and O–H groups in total. The van der Waals surface area contributed by atoms with E-state index in [-0.39, 0.29) is 0 Å². The van der Waals surface area contributed by atoms with Crippen molar-refractivity contribution in [1.82, 2.24) is 9.55 Å². The zero-order chi connectivity index (χ0) is 29.0. The van der Waals surface area contributed by atoms with Gasteiger partial charge in [0.15, 0.2) is 0 Å². The molecule has 44 heavy (non-hydrogen) atoms. The Bertz CT molecular complexity index is 2420. The summed E-state index contributed by atoms with van der Waals surface area (Å²) in [6.07, 6.45) is 0. The van der Waals surface area contributed by atoms with Gasteiger partial charge in [0.25, 0.3) is 0 Å². The lowest BCUT2D eigenvalue weighted by molar-refractivity contribution is 1.16. The molecule has 0 amide bonds. The summed E-state index contributed by atoms with van der Waals surface area (Å²) in [6, 6.07) is 59.3. The summed E-state index contributed by atoms with van der Waals surface area (Å²) in [5.41, 5.74) is 7.69. The van der Waals surface area contributed by atoms with E-state index in [2.05, 4.69) is 168 Å². The number of pyridine rings is 1. The second-order valence-corrected chi connectivity index (χ2v) is 13.4. The lowest BCUT2D eigenvalue weighted by Crippen LogP contribution is -1.98. The maximum atomic E-state index is 5.17. The van der Waals surface area contributed by atoms with Crippen LogP contribution in [0.5, 0.6) is 0 Å². The average Bonchev–Trinajstić information content (AvgIpc) is 3.60. The largest absolute Gasteiger partial charge is 0.309 e. The SMILES string of the molecule is c1ccc(-c2cc(-n3c4ccccc4c4cc5c6ccccc6p(-c6ccccc6)c5cc43)cc(-c3ccccc3)n2)cc1. The molecule has 3 heterocycles.